The van der Waals surface area contributed by atoms with E-state index in [1.807, 2.05) is 0 Å². The van der Waals surface area contributed by atoms with Crippen LogP contribution in [-0.2, 0) is 4.74 Å². The predicted octanol–water partition coefficient (Wildman–Crippen LogP) is 4.69. The minimum atomic E-state index is -0.250. The highest BCUT2D eigenvalue weighted by Crippen LogP contribution is 2.29. The lowest BCUT2D eigenvalue weighted by Crippen LogP contribution is -2.30. The van der Waals surface area contributed by atoms with Crippen molar-refractivity contribution in [1.82, 2.24) is 0 Å². The Balaban J connectivity index is 1.97. The van der Waals surface area contributed by atoms with Gasteiger partial charge in [-0.15, -0.1) is 0 Å². The number of ether oxygens (including phenoxy) is 1. The van der Waals surface area contributed by atoms with Crippen LogP contribution in [0.25, 0.3) is 0 Å². The number of hydrogen-bond donors (Lipinski definition) is 1. The van der Waals surface area contributed by atoms with Gasteiger partial charge in [-0.3, -0.25) is 0 Å². The van der Waals surface area contributed by atoms with Gasteiger partial charge in [-0.2, -0.15) is 0 Å². The van der Waals surface area contributed by atoms with Gasteiger partial charge < -0.3 is 9.84 Å². The van der Waals surface area contributed by atoms with Crippen LogP contribution < -0.4 is 0 Å². The van der Waals surface area contributed by atoms with Crippen LogP contribution in [0.4, 0.5) is 0 Å². The average Bonchev–Trinajstić information content (AvgIpc) is 2.71. The van der Waals surface area contributed by atoms with Crippen LogP contribution in [0.5, 0.6) is 0 Å². The Hall–Kier alpha value is -0.0800. The summed E-state index contributed by atoms with van der Waals surface area (Å²) < 4.78 is 5.81. The fourth-order valence-corrected chi connectivity index (χ4v) is 3.24. The first-order valence-corrected chi connectivity index (χ1v) is 8.48. The van der Waals surface area contributed by atoms with Gasteiger partial charge in [-0.1, -0.05) is 65.2 Å². The molecule has 0 aromatic heterocycles. The number of hydrogen-bond acceptors (Lipinski definition) is 2. The van der Waals surface area contributed by atoms with E-state index in [1.165, 1.54) is 44.9 Å². The molecule has 1 fully saturated rings. The molecule has 0 aliphatic carbocycles. The monoisotopic (exact) mass is 270 g/mol. The molecule has 0 radical (unpaired) electrons. The summed E-state index contributed by atoms with van der Waals surface area (Å²) in [6, 6.07) is 0. The highest BCUT2D eigenvalue weighted by molar-refractivity contribution is 4.82. The molecule has 1 rings (SSSR count). The summed E-state index contributed by atoms with van der Waals surface area (Å²) in [6.45, 7) is 6.57. The lowest BCUT2D eigenvalue weighted by molar-refractivity contribution is -0.0436. The van der Waals surface area contributed by atoms with Crippen LogP contribution >= 0.6 is 0 Å². The fourth-order valence-electron chi connectivity index (χ4n) is 3.24. The molecule has 2 nitrogen and oxygen atoms in total. The second kappa shape index (κ2) is 9.77. The van der Waals surface area contributed by atoms with E-state index in [-0.39, 0.29) is 12.2 Å². The maximum atomic E-state index is 10.2. The minimum Gasteiger partial charge on any atom is -0.390 e. The molecule has 114 valence electrons. The van der Waals surface area contributed by atoms with Crippen molar-refractivity contribution < 1.29 is 9.84 Å². The van der Waals surface area contributed by atoms with E-state index in [0.29, 0.717) is 12.0 Å². The molecule has 0 aromatic carbocycles. The third kappa shape index (κ3) is 6.76. The normalized spacial score (nSPS) is 28.7. The average molecular weight is 270 g/mol. The summed E-state index contributed by atoms with van der Waals surface area (Å²) >= 11 is 0. The molecule has 1 saturated heterocycles. The molecular formula is C17H34O2. The number of unbranched alkanes of at least 4 members (excludes halogenated alkanes) is 7. The minimum absolute atomic E-state index is 0.0829. The maximum absolute atomic E-state index is 10.2. The van der Waals surface area contributed by atoms with Crippen LogP contribution in [0.3, 0.4) is 0 Å². The zero-order valence-corrected chi connectivity index (χ0v) is 13.2. The lowest BCUT2D eigenvalue weighted by atomic mass is 9.95. The van der Waals surface area contributed by atoms with Gasteiger partial charge in [0, 0.05) is 0 Å². The number of rotatable bonds is 10. The molecule has 0 spiro atoms. The van der Waals surface area contributed by atoms with Crippen molar-refractivity contribution in [2.24, 2.45) is 5.92 Å². The van der Waals surface area contributed by atoms with Gasteiger partial charge in [-0.05, 0) is 25.7 Å². The summed E-state index contributed by atoms with van der Waals surface area (Å²) in [5, 5.41) is 10.2. The Kier molecular flexibility index (Phi) is 8.72. The predicted molar refractivity (Wildman–Crippen MR) is 81.3 cm³/mol. The molecule has 0 bridgehead atoms. The molecule has 0 saturated carbocycles. The SMILES string of the molecule is CCCCCCCCCCC(O)C1OC(C)CC1C. The molecule has 1 N–H and O–H groups in total. The van der Waals surface area contributed by atoms with Crippen LogP contribution in [0, 0.1) is 5.92 Å². The van der Waals surface area contributed by atoms with E-state index < -0.39 is 0 Å². The molecule has 1 aliphatic rings. The van der Waals surface area contributed by atoms with Gasteiger partial charge in [0.15, 0.2) is 0 Å². The number of aliphatic hydroxyl groups excluding tert-OH is 1. The Morgan fingerprint density at radius 3 is 2.11 bits per heavy atom. The molecule has 4 atom stereocenters. The van der Waals surface area contributed by atoms with Crippen LogP contribution in [0.15, 0.2) is 0 Å². The summed E-state index contributed by atoms with van der Waals surface area (Å²) in [5.74, 6) is 0.513. The summed E-state index contributed by atoms with van der Waals surface area (Å²) in [7, 11) is 0. The quantitative estimate of drug-likeness (QED) is 0.583. The van der Waals surface area contributed by atoms with Crippen molar-refractivity contribution in [3.8, 4) is 0 Å². The Morgan fingerprint density at radius 2 is 1.58 bits per heavy atom. The van der Waals surface area contributed by atoms with Gasteiger partial charge in [0.05, 0.1) is 18.3 Å². The van der Waals surface area contributed by atoms with Crippen LogP contribution in [0.1, 0.15) is 85.0 Å². The van der Waals surface area contributed by atoms with Gasteiger partial charge in [0.2, 0.25) is 0 Å². The van der Waals surface area contributed by atoms with E-state index in [0.717, 1.165) is 19.3 Å². The molecule has 0 aromatic rings. The largest absolute Gasteiger partial charge is 0.390 e. The van der Waals surface area contributed by atoms with E-state index >= 15 is 0 Å². The number of aliphatic hydroxyl groups is 1. The zero-order valence-electron chi connectivity index (χ0n) is 13.2. The van der Waals surface area contributed by atoms with Gasteiger partial charge in [-0.25, -0.2) is 0 Å². The van der Waals surface area contributed by atoms with Crippen molar-refractivity contribution in [2.45, 2.75) is 103 Å². The van der Waals surface area contributed by atoms with Gasteiger partial charge in [0.25, 0.3) is 0 Å². The zero-order chi connectivity index (χ0) is 14.1. The Bertz CT molecular complexity index is 217. The third-order valence-electron chi connectivity index (χ3n) is 4.39. The smallest absolute Gasteiger partial charge is 0.0863 e. The second-order valence-corrected chi connectivity index (χ2v) is 6.46. The molecular weight excluding hydrogens is 236 g/mol. The van der Waals surface area contributed by atoms with Crippen LogP contribution in [0.2, 0.25) is 0 Å². The topological polar surface area (TPSA) is 29.5 Å². The molecule has 4 unspecified atom stereocenters. The standard InChI is InChI=1S/C17H34O2/c1-4-5-6-7-8-9-10-11-12-16(18)17-14(2)13-15(3)19-17/h14-18H,4-13H2,1-3H3. The Morgan fingerprint density at radius 1 is 1.00 bits per heavy atom. The molecule has 19 heavy (non-hydrogen) atoms. The van der Waals surface area contributed by atoms with Crippen molar-refractivity contribution in [3.05, 3.63) is 0 Å². The molecule has 1 aliphatic heterocycles. The van der Waals surface area contributed by atoms with Crippen molar-refractivity contribution in [2.75, 3.05) is 0 Å². The first kappa shape index (κ1) is 17.0. The van der Waals surface area contributed by atoms with Crippen molar-refractivity contribution in [3.63, 3.8) is 0 Å². The fraction of sp³-hybridized carbons (Fsp3) is 1.00. The van der Waals surface area contributed by atoms with E-state index in [4.69, 9.17) is 4.74 Å². The van der Waals surface area contributed by atoms with Crippen molar-refractivity contribution in [1.29, 1.82) is 0 Å². The van der Waals surface area contributed by atoms with E-state index in [9.17, 15) is 5.11 Å². The first-order chi connectivity index (χ1) is 9.15. The maximum Gasteiger partial charge on any atom is 0.0863 e. The molecule has 2 heteroatoms. The lowest BCUT2D eigenvalue weighted by Gasteiger charge is -2.21. The second-order valence-electron chi connectivity index (χ2n) is 6.46. The summed E-state index contributed by atoms with van der Waals surface area (Å²) in [5.41, 5.74) is 0. The summed E-state index contributed by atoms with van der Waals surface area (Å²) in [6.07, 6.45) is 12.8. The van der Waals surface area contributed by atoms with E-state index in [2.05, 4.69) is 20.8 Å². The highest BCUT2D eigenvalue weighted by atomic mass is 16.5. The van der Waals surface area contributed by atoms with E-state index in [1.54, 1.807) is 0 Å². The Labute approximate surface area is 119 Å². The third-order valence-corrected chi connectivity index (χ3v) is 4.39. The molecule has 0 amide bonds. The summed E-state index contributed by atoms with van der Waals surface area (Å²) in [4.78, 5) is 0. The molecule has 1 heterocycles. The van der Waals surface area contributed by atoms with Crippen molar-refractivity contribution >= 4 is 0 Å². The van der Waals surface area contributed by atoms with Crippen LogP contribution in [-0.4, -0.2) is 23.4 Å². The van der Waals surface area contributed by atoms with Gasteiger partial charge in [0.1, 0.15) is 0 Å². The highest BCUT2D eigenvalue weighted by Gasteiger charge is 2.34. The van der Waals surface area contributed by atoms with Gasteiger partial charge >= 0.3 is 0 Å². The first-order valence-electron chi connectivity index (χ1n) is 8.48.